The highest BCUT2D eigenvalue weighted by Gasteiger charge is 2.34. The molecule has 1 aliphatic heterocycles. The maximum Gasteiger partial charge on any atom is 0.0292 e. The van der Waals surface area contributed by atoms with Crippen LogP contribution < -0.4 is 5.73 Å². The summed E-state index contributed by atoms with van der Waals surface area (Å²) in [5.74, 6) is 0.898. The molecule has 0 aliphatic carbocycles. The molecule has 0 amide bonds. The van der Waals surface area contributed by atoms with Crippen LogP contribution >= 0.6 is 0 Å². The van der Waals surface area contributed by atoms with E-state index in [1.807, 2.05) is 0 Å². The van der Waals surface area contributed by atoms with Gasteiger partial charge in [0.25, 0.3) is 0 Å². The van der Waals surface area contributed by atoms with Crippen molar-refractivity contribution >= 4 is 0 Å². The van der Waals surface area contributed by atoms with Gasteiger partial charge in [0, 0.05) is 12.1 Å². The van der Waals surface area contributed by atoms with Gasteiger partial charge in [-0.3, -0.25) is 4.90 Å². The molecule has 15 heavy (non-hydrogen) atoms. The van der Waals surface area contributed by atoms with E-state index in [-0.39, 0.29) is 11.5 Å². The van der Waals surface area contributed by atoms with Crippen molar-refractivity contribution in [2.75, 3.05) is 13.1 Å². The molecule has 2 heteroatoms. The van der Waals surface area contributed by atoms with Gasteiger partial charge < -0.3 is 5.73 Å². The molecule has 2 unspecified atom stereocenters. The predicted molar refractivity (Wildman–Crippen MR) is 66.9 cm³/mol. The summed E-state index contributed by atoms with van der Waals surface area (Å²) in [6, 6.07) is 0.781. The second-order valence-electron chi connectivity index (χ2n) is 6.39. The Morgan fingerprint density at radius 3 is 2.00 bits per heavy atom. The van der Waals surface area contributed by atoms with Gasteiger partial charge in [-0.2, -0.15) is 0 Å². The van der Waals surface area contributed by atoms with Crippen LogP contribution in [0.2, 0.25) is 0 Å². The summed E-state index contributed by atoms with van der Waals surface area (Å²) >= 11 is 0. The molecule has 2 nitrogen and oxygen atoms in total. The van der Waals surface area contributed by atoms with Gasteiger partial charge in [-0.05, 0) is 44.2 Å². The fraction of sp³-hybridized carbons (Fsp3) is 1.00. The lowest BCUT2D eigenvalue weighted by atomic mass is 9.80. The minimum atomic E-state index is 0.262. The van der Waals surface area contributed by atoms with Crippen LogP contribution in [0.4, 0.5) is 0 Å². The summed E-state index contributed by atoms with van der Waals surface area (Å²) < 4.78 is 0. The van der Waals surface area contributed by atoms with Crippen LogP contribution in [0.1, 0.15) is 47.5 Å². The molecule has 1 fully saturated rings. The maximum absolute atomic E-state index is 6.15. The zero-order chi connectivity index (χ0) is 11.6. The van der Waals surface area contributed by atoms with Crippen LogP contribution in [0.25, 0.3) is 0 Å². The van der Waals surface area contributed by atoms with E-state index in [1.165, 1.54) is 25.9 Å². The largest absolute Gasteiger partial charge is 0.327 e. The lowest BCUT2D eigenvalue weighted by Crippen LogP contribution is -2.55. The molecule has 0 aromatic rings. The average Bonchev–Trinajstić information content (AvgIpc) is 2.05. The third kappa shape index (κ3) is 3.46. The van der Waals surface area contributed by atoms with Crippen molar-refractivity contribution in [1.29, 1.82) is 0 Å². The third-order valence-corrected chi connectivity index (χ3v) is 3.60. The van der Waals surface area contributed by atoms with Gasteiger partial charge in [0.15, 0.2) is 0 Å². The summed E-state index contributed by atoms with van der Waals surface area (Å²) in [7, 11) is 0. The van der Waals surface area contributed by atoms with Crippen LogP contribution in [-0.4, -0.2) is 30.1 Å². The van der Waals surface area contributed by atoms with E-state index in [0.29, 0.717) is 6.04 Å². The fourth-order valence-corrected chi connectivity index (χ4v) is 2.98. The number of nitrogens with zero attached hydrogens (tertiary/aromatic N) is 1. The highest BCUT2D eigenvalue weighted by Crippen LogP contribution is 2.29. The summed E-state index contributed by atoms with van der Waals surface area (Å²) in [4.78, 5) is 2.60. The zero-order valence-corrected chi connectivity index (χ0v) is 11.1. The second kappa shape index (κ2) is 4.84. The average molecular weight is 212 g/mol. The van der Waals surface area contributed by atoms with Crippen molar-refractivity contribution in [3.8, 4) is 0 Å². The molecular weight excluding hydrogens is 184 g/mol. The van der Waals surface area contributed by atoms with Gasteiger partial charge >= 0.3 is 0 Å². The second-order valence-corrected chi connectivity index (χ2v) is 6.39. The Hall–Kier alpha value is -0.0800. The van der Waals surface area contributed by atoms with Crippen LogP contribution in [-0.2, 0) is 0 Å². The highest BCUT2D eigenvalue weighted by molar-refractivity contribution is 4.90. The number of rotatable bonds is 2. The van der Waals surface area contributed by atoms with Crippen molar-refractivity contribution in [2.45, 2.75) is 59.5 Å². The fourth-order valence-electron chi connectivity index (χ4n) is 2.98. The Labute approximate surface area is 95.2 Å². The third-order valence-electron chi connectivity index (χ3n) is 3.60. The molecule has 0 saturated carbocycles. The summed E-state index contributed by atoms with van der Waals surface area (Å²) in [6.45, 7) is 13.9. The molecule has 1 saturated heterocycles. The van der Waals surface area contributed by atoms with E-state index in [2.05, 4.69) is 39.5 Å². The van der Waals surface area contributed by atoms with E-state index < -0.39 is 0 Å². The molecule has 1 aliphatic rings. The van der Waals surface area contributed by atoms with E-state index in [1.54, 1.807) is 0 Å². The number of hydrogen-bond acceptors (Lipinski definition) is 2. The topological polar surface area (TPSA) is 29.3 Å². The lowest BCUT2D eigenvalue weighted by Gasteiger charge is -2.45. The van der Waals surface area contributed by atoms with Crippen molar-refractivity contribution in [3.05, 3.63) is 0 Å². The number of likely N-dealkylation sites (tertiary alicyclic amines) is 1. The Kier molecular flexibility index (Phi) is 4.19. The Balaban J connectivity index is 2.65. The van der Waals surface area contributed by atoms with Gasteiger partial charge in [-0.1, -0.05) is 27.7 Å². The SMILES string of the molecule is CC1CCN(C(C(C)N)C(C)(C)C)CC1. The zero-order valence-electron chi connectivity index (χ0n) is 11.1. The van der Waals surface area contributed by atoms with Crippen molar-refractivity contribution in [3.63, 3.8) is 0 Å². The maximum atomic E-state index is 6.15. The van der Waals surface area contributed by atoms with E-state index in [4.69, 9.17) is 5.73 Å². The molecule has 0 spiro atoms. The van der Waals surface area contributed by atoms with E-state index in [0.717, 1.165) is 5.92 Å². The molecule has 2 atom stereocenters. The molecule has 1 rings (SSSR count). The first-order valence-corrected chi connectivity index (χ1v) is 6.32. The molecular formula is C13H28N2. The van der Waals surface area contributed by atoms with Gasteiger partial charge in [0.1, 0.15) is 0 Å². The molecule has 2 N–H and O–H groups in total. The first-order valence-electron chi connectivity index (χ1n) is 6.32. The minimum Gasteiger partial charge on any atom is -0.327 e. The lowest BCUT2D eigenvalue weighted by molar-refractivity contribution is 0.0531. The van der Waals surface area contributed by atoms with Crippen molar-refractivity contribution in [2.24, 2.45) is 17.1 Å². The molecule has 1 heterocycles. The van der Waals surface area contributed by atoms with E-state index >= 15 is 0 Å². The van der Waals surface area contributed by atoms with E-state index in [9.17, 15) is 0 Å². The predicted octanol–water partition coefficient (Wildman–Crippen LogP) is 2.48. The van der Waals surface area contributed by atoms with Gasteiger partial charge in [-0.15, -0.1) is 0 Å². The Morgan fingerprint density at radius 2 is 1.67 bits per heavy atom. The number of piperidine rings is 1. The van der Waals surface area contributed by atoms with Gasteiger partial charge in [-0.25, -0.2) is 0 Å². The highest BCUT2D eigenvalue weighted by atomic mass is 15.2. The Bertz CT molecular complexity index is 185. The quantitative estimate of drug-likeness (QED) is 0.762. The smallest absolute Gasteiger partial charge is 0.0292 e. The van der Waals surface area contributed by atoms with Crippen LogP contribution in [0.3, 0.4) is 0 Å². The van der Waals surface area contributed by atoms with Crippen LogP contribution in [0.5, 0.6) is 0 Å². The van der Waals surface area contributed by atoms with Crippen molar-refractivity contribution in [1.82, 2.24) is 4.90 Å². The molecule has 90 valence electrons. The van der Waals surface area contributed by atoms with Crippen LogP contribution in [0, 0.1) is 11.3 Å². The normalized spacial score (nSPS) is 25.2. The number of hydrogen-bond donors (Lipinski definition) is 1. The molecule has 0 aromatic heterocycles. The van der Waals surface area contributed by atoms with Crippen LogP contribution in [0.15, 0.2) is 0 Å². The summed E-state index contributed by atoms with van der Waals surface area (Å²) in [6.07, 6.45) is 2.67. The first-order chi connectivity index (χ1) is 6.82. The molecule has 0 bridgehead atoms. The Morgan fingerprint density at radius 1 is 1.20 bits per heavy atom. The minimum absolute atomic E-state index is 0.262. The molecule has 0 radical (unpaired) electrons. The summed E-state index contributed by atoms with van der Waals surface area (Å²) in [5, 5.41) is 0. The number of nitrogens with two attached hydrogens (primary N) is 1. The molecule has 0 aromatic carbocycles. The van der Waals surface area contributed by atoms with Gasteiger partial charge in [0.2, 0.25) is 0 Å². The monoisotopic (exact) mass is 212 g/mol. The standard InChI is InChI=1S/C13H28N2/c1-10-6-8-15(9-7-10)12(11(2)14)13(3,4)5/h10-12H,6-9,14H2,1-5H3. The first kappa shape index (κ1) is 13.0. The van der Waals surface area contributed by atoms with Crippen molar-refractivity contribution < 1.29 is 0 Å². The summed E-state index contributed by atoms with van der Waals surface area (Å²) in [5.41, 5.74) is 6.43. The van der Waals surface area contributed by atoms with Gasteiger partial charge in [0.05, 0.1) is 0 Å².